The predicted octanol–water partition coefficient (Wildman–Crippen LogP) is 3.45. The highest BCUT2D eigenvalue weighted by atomic mass is 79.9. The molecule has 0 saturated carbocycles. The highest BCUT2D eigenvalue weighted by Crippen LogP contribution is 2.37. The van der Waals surface area contributed by atoms with Gasteiger partial charge in [0.15, 0.2) is 0 Å². The van der Waals surface area contributed by atoms with Crippen molar-refractivity contribution in [3.63, 3.8) is 0 Å². The molecule has 5 heteroatoms. The van der Waals surface area contributed by atoms with Crippen LogP contribution in [0.2, 0.25) is 0 Å². The van der Waals surface area contributed by atoms with Gasteiger partial charge in [-0.15, -0.1) is 11.8 Å². The van der Waals surface area contributed by atoms with Gasteiger partial charge in [0.1, 0.15) is 0 Å². The van der Waals surface area contributed by atoms with Gasteiger partial charge in [0.05, 0.1) is 12.2 Å². The summed E-state index contributed by atoms with van der Waals surface area (Å²) < 4.78 is 12.6. The molecule has 2 N–H and O–H groups in total. The molecule has 3 atom stereocenters. The lowest BCUT2D eigenvalue weighted by Gasteiger charge is -2.39. The smallest absolute Gasteiger partial charge is 0.0939 e. The third-order valence-electron chi connectivity index (χ3n) is 4.44. The van der Waals surface area contributed by atoms with E-state index in [0.29, 0.717) is 5.92 Å². The summed E-state index contributed by atoms with van der Waals surface area (Å²) in [6.07, 6.45) is 3.14. The SMILES string of the molecule is NC(CSc1cccc(Br)c1)C1CCOC2(CCOC2)C1. The van der Waals surface area contributed by atoms with Gasteiger partial charge in [0.2, 0.25) is 0 Å². The zero-order valence-electron chi connectivity index (χ0n) is 12.1. The number of thioether (sulfide) groups is 1. The van der Waals surface area contributed by atoms with Crippen LogP contribution in [0.5, 0.6) is 0 Å². The van der Waals surface area contributed by atoms with Gasteiger partial charge in [0.25, 0.3) is 0 Å². The van der Waals surface area contributed by atoms with E-state index in [1.807, 2.05) is 17.8 Å². The second-order valence-electron chi connectivity index (χ2n) is 6.02. The van der Waals surface area contributed by atoms with Crippen LogP contribution in [0.3, 0.4) is 0 Å². The minimum absolute atomic E-state index is 0.0407. The highest BCUT2D eigenvalue weighted by molar-refractivity contribution is 9.10. The van der Waals surface area contributed by atoms with E-state index in [-0.39, 0.29) is 11.6 Å². The lowest BCUT2D eigenvalue weighted by Crippen LogP contribution is -2.46. The van der Waals surface area contributed by atoms with Gasteiger partial charge < -0.3 is 15.2 Å². The molecule has 2 aliphatic heterocycles. The van der Waals surface area contributed by atoms with Crippen molar-refractivity contribution < 1.29 is 9.47 Å². The summed E-state index contributed by atoms with van der Waals surface area (Å²) >= 11 is 5.35. The Kier molecular flexibility index (Phi) is 5.27. The first-order chi connectivity index (χ1) is 10.2. The largest absolute Gasteiger partial charge is 0.378 e. The number of ether oxygens (including phenoxy) is 2. The molecular formula is C16H22BrNO2S. The lowest BCUT2D eigenvalue weighted by atomic mass is 9.82. The van der Waals surface area contributed by atoms with E-state index >= 15 is 0 Å². The van der Waals surface area contributed by atoms with Crippen LogP contribution in [0, 0.1) is 5.92 Å². The van der Waals surface area contributed by atoms with E-state index in [2.05, 4.69) is 34.1 Å². The topological polar surface area (TPSA) is 44.5 Å². The molecule has 0 radical (unpaired) electrons. The number of benzene rings is 1. The average molecular weight is 372 g/mol. The summed E-state index contributed by atoms with van der Waals surface area (Å²) in [6, 6.07) is 8.62. The van der Waals surface area contributed by atoms with Crippen molar-refractivity contribution in [2.45, 2.75) is 35.8 Å². The lowest BCUT2D eigenvalue weighted by molar-refractivity contribution is -0.100. The standard InChI is InChI=1S/C16H22BrNO2S/c17-13-2-1-3-14(8-13)21-10-15(18)12-4-6-20-16(9-12)5-7-19-11-16/h1-3,8,12,15H,4-7,9-11,18H2. The Morgan fingerprint density at radius 3 is 3.10 bits per heavy atom. The van der Waals surface area contributed by atoms with E-state index in [9.17, 15) is 0 Å². The molecular weight excluding hydrogens is 350 g/mol. The highest BCUT2D eigenvalue weighted by Gasteiger charge is 2.42. The Hall–Kier alpha value is -0.0700. The number of hydrogen-bond donors (Lipinski definition) is 1. The van der Waals surface area contributed by atoms with Crippen LogP contribution in [-0.2, 0) is 9.47 Å². The Morgan fingerprint density at radius 2 is 2.33 bits per heavy atom. The second kappa shape index (κ2) is 7.01. The maximum Gasteiger partial charge on any atom is 0.0939 e. The Labute approximate surface area is 139 Å². The van der Waals surface area contributed by atoms with Crippen molar-refractivity contribution in [2.75, 3.05) is 25.6 Å². The molecule has 3 rings (SSSR count). The van der Waals surface area contributed by atoms with Gasteiger partial charge in [-0.05, 0) is 37.0 Å². The van der Waals surface area contributed by atoms with Gasteiger partial charge >= 0.3 is 0 Å². The quantitative estimate of drug-likeness (QED) is 0.823. The first kappa shape index (κ1) is 15.8. The van der Waals surface area contributed by atoms with E-state index in [1.165, 1.54) is 4.90 Å². The van der Waals surface area contributed by atoms with Crippen LogP contribution in [0.1, 0.15) is 19.3 Å². The molecule has 1 aromatic rings. The fraction of sp³-hybridized carbons (Fsp3) is 0.625. The van der Waals surface area contributed by atoms with Crippen molar-refractivity contribution in [1.29, 1.82) is 0 Å². The molecule has 0 bridgehead atoms. The van der Waals surface area contributed by atoms with E-state index in [1.54, 1.807) is 0 Å². The van der Waals surface area contributed by atoms with Crippen LogP contribution in [0.4, 0.5) is 0 Å². The number of hydrogen-bond acceptors (Lipinski definition) is 4. The zero-order chi connectivity index (χ0) is 14.7. The van der Waals surface area contributed by atoms with Gasteiger partial charge in [-0.25, -0.2) is 0 Å². The molecule has 2 fully saturated rings. The summed E-state index contributed by atoms with van der Waals surface area (Å²) in [5.74, 6) is 1.50. The number of rotatable bonds is 4. The van der Waals surface area contributed by atoms with Crippen LogP contribution >= 0.6 is 27.7 Å². The summed E-state index contributed by atoms with van der Waals surface area (Å²) in [5.41, 5.74) is 6.42. The summed E-state index contributed by atoms with van der Waals surface area (Å²) in [7, 11) is 0. The maximum absolute atomic E-state index is 6.46. The molecule has 3 unspecified atom stereocenters. The Balaban J connectivity index is 1.54. The summed E-state index contributed by atoms with van der Waals surface area (Å²) in [4.78, 5) is 1.27. The second-order valence-corrected chi connectivity index (χ2v) is 8.03. The number of nitrogens with two attached hydrogens (primary N) is 1. The van der Waals surface area contributed by atoms with E-state index in [4.69, 9.17) is 15.2 Å². The van der Waals surface area contributed by atoms with Crippen molar-refractivity contribution in [3.8, 4) is 0 Å². The van der Waals surface area contributed by atoms with E-state index < -0.39 is 0 Å². The number of halogens is 1. The van der Waals surface area contributed by atoms with E-state index in [0.717, 1.165) is 49.3 Å². The summed E-state index contributed by atoms with van der Waals surface area (Å²) in [6.45, 7) is 2.40. The molecule has 1 aromatic carbocycles. The van der Waals surface area contributed by atoms with Crippen LogP contribution < -0.4 is 5.73 Å². The molecule has 0 amide bonds. The van der Waals surface area contributed by atoms with Crippen LogP contribution in [0.25, 0.3) is 0 Å². The first-order valence-corrected chi connectivity index (χ1v) is 9.30. The van der Waals surface area contributed by atoms with Gasteiger partial charge in [-0.2, -0.15) is 0 Å². The van der Waals surface area contributed by atoms with Crippen molar-refractivity contribution in [1.82, 2.24) is 0 Å². The molecule has 0 aromatic heterocycles. The zero-order valence-corrected chi connectivity index (χ0v) is 14.5. The molecule has 2 heterocycles. The minimum Gasteiger partial charge on any atom is -0.378 e. The fourth-order valence-corrected chi connectivity index (χ4v) is 4.77. The van der Waals surface area contributed by atoms with Crippen LogP contribution in [0.15, 0.2) is 33.6 Å². The van der Waals surface area contributed by atoms with Gasteiger partial charge in [0, 0.05) is 40.8 Å². The monoisotopic (exact) mass is 371 g/mol. The predicted molar refractivity (Wildman–Crippen MR) is 89.7 cm³/mol. The Bertz CT molecular complexity index is 479. The van der Waals surface area contributed by atoms with Gasteiger partial charge in [-0.1, -0.05) is 22.0 Å². The molecule has 0 aliphatic carbocycles. The fourth-order valence-electron chi connectivity index (χ4n) is 3.18. The average Bonchev–Trinajstić information content (AvgIpc) is 2.93. The van der Waals surface area contributed by atoms with Gasteiger partial charge in [-0.3, -0.25) is 0 Å². The normalized spacial score (nSPS) is 30.7. The van der Waals surface area contributed by atoms with Crippen molar-refractivity contribution >= 4 is 27.7 Å². The molecule has 116 valence electrons. The maximum atomic E-state index is 6.46. The molecule has 2 saturated heterocycles. The van der Waals surface area contributed by atoms with Crippen molar-refractivity contribution in [2.24, 2.45) is 11.7 Å². The van der Waals surface area contributed by atoms with Crippen molar-refractivity contribution in [3.05, 3.63) is 28.7 Å². The van der Waals surface area contributed by atoms with Crippen LogP contribution in [-0.4, -0.2) is 37.2 Å². The molecule has 2 aliphatic rings. The third-order valence-corrected chi connectivity index (χ3v) is 6.07. The molecule has 3 nitrogen and oxygen atoms in total. The summed E-state index contributed by atoms with van der Waals surface area (Å²) in [5, 5.41) is 0. The molecule has 21 heavy (non-hydrogen) atoms. The Morgan fingerprint density at radius 1 is 1.43 bits per heavy atom. The molecule has 1 spiro atoms. The third kappa shape index (κ3) is 4.02. The minimum atomic E-state index is -0.0407. The first-order valence-electron chi connectivity index (χ1n) is 7.53.